The van der Waals surface area contributed by atoms with Crippen LogP contribution in [-0.2, 0) is 4.74 Å². The Morgan fingerprint density at radius 3 is 2.53 bits per heavy atom. The van der Waals surface area contributed by atoms with Crippen molar-refractivity contribution in [3.05, 3.63) is 33.0 Å². The molecule has 2 nitrogen and oxygen atoms in total. The fraction of sp³-hybridized carbons (Fsp3) is 0.500. The van der Waals surface area contributed by atoms with Crippen molar-refractivity contribution in [1.82, 2.24) is 5.32 Å². The summed E-state index contributed by atoms with van der Waals surface area (Å²) in [6.45, 7) is 3.78. The maximum atomic E-state index is 14.1. The van der Waals surface area contributed by atoms with Gasteiger partial charge in [0.15, 0.2) is 0 Å². The van der Waals surface area contributed by atoms with E-state index in [-0.39, 0.29) is 11.1 Å². The highest BCUT2D eigenvalue weighted by Crippen LogP contribution is 2.35. The molecule has 1 aromatic rings. The largest absolute Gasteiger partial charge is 0.377 e. The topological polar surface area (TPSA) is 21.3 Å². The van der Waals surface area contributed by atoms with Crippen LogP contribution in [0.2, 0.25) is 5.02 Å². The lowest BCUT2D eigenvalue weighted by atomic mass is 9.91. The first-order valence-electron chi connectivity index (χ1n) is 5.21. The summed E-state index contributed by atoms with van der Waals surface area (Å²) in [5.74, 6) is -0.425. The van der Waals surface area contributed by atoms with Crippen molar-refractivity contribution < 1.29 is 9.13 Å². The zero-order chi connectivity index (χ0) is 13.2. The predicted molar refractivity (Wildman–Crippen MR) is 72.0 cm³/mol. The summed E-state index contributed by atoms with van der Waals surface area (Å²) in [7, 11) is 3.36. The third-order valence-corrected chi connectivity index (χ3v) is 4.14. The molecule has 0 aliphatic carbocycles. The summed E-state index contributed by atoms with van der Waals surface area (Å²) < 4.78 is 20.0. The maximum absolute atomic E-state index is 14.1. The van der Waals surface area contributed by atoms with Crippen LogP contribution in [0.25, 0.3) is 0 Å². The van der Waals surface area contributed by atoms with E-state index in [4.69, 9.17) is 16.3 Å². The van der Waals surface area contributed by atoms with Crippen molar-refractivity contribution in [3.8, 4) is 0 Å². The Morgan fingerprint density at radius 2 is 2.06 bits per heavy atom. The summed E-state index contributed by atoms with van der Waals surface area (Å²) >= 11 is 9.08. The smallest absolute Gasteiger partial charge is 0.147 e. The summed E-state index contributed by atoms with van der Waals surface area (Å²) in [6.07, 6.45) is 0. The van der Waals surface area contributed by atoms with Crippen molar-refractivity contribution in [3.63, 3.8) is 0 Å². The second-order valence-electron chi connectivity index (χ2n) is 4.29. The minimum Gasteiger partial charge on any atom is -0.377 e. The summed E-state index contributed by atoms with van der Waals surface area (Å²) in [5, 5.41) is 3.15. The molecule has 0 aliphatic rings. The first kappa shape index (κ1) is 14.9. The second-order valence-corrected chi connectivity index (χ2v) is 5.53. The van der Waals surface area contributed by atoms with Crippen LogP contribution in [0, 0.1) is 5.82 Å². The highest BCUT2D eigenvalue weighted by Gasteiger charge is 2.32. The molecule has 0 bridgehead atoms. The molecule has 0 radical (unpaired) electrons. The highest BCUT2D eigenvalue weighted by atomic mass is 79.9. The van der Waals surface area contributed by atoms with Gasteiger partial charge >= 0.3 is 0 Å². The predicted octanol–water partition coefficient (Wildman–Crippen LogP) is 3.93. The fourth-order valence-electron chi connectivity index (χ4n) is 1.76. The lowest BCUT2D eigenvalue weighted by molar-refractivity contribution is -0.00991. The molecule has 1 unspecified atom stereocenters. The molecule has 1 atom stereocenters. The Kier molecular flexibility index (Phi) is 4.95. The molecule has 0 spiro atoms. The molecule has 0 amide bonds. The SMILES string of the molecule is CNC(c1ccc(Br)c(Cl)c1F)C(C)(C)OC. The first-order chi connectivity index (χ1) is 7.85. The quantitative estimate of drug-likeness (QED) is 0.847. The van der Waals surface area contributed by atoms with E-state index < -0.39 is 11.4 Å². The molecule has 0 saturated heterocycles. The third kappa shape index (κ3) is 2.99. The van der Waals surface area contributed by atoms with Crippen LogP contribution in [-0.4, -0.2) is 19.8 Å². The van der Waals surface area contributed by atoms with E-state index in [1.54, 1.807) is 26.3 Å². The Bertz CT molecular complexity index is 412. The monoisotopic (exact) mass is 323 g/mol. The number of ether oxygens (including phenoxy) is 1. The van der Waals surface area contributed by atoms with Crippen molar-refractivity contribution >= 4 is 27.5 Å². The van der Waals surface area contributed by atoms with Crippen LogP contribution in [0.15, 0.2) is 16.6 Å². The van der Waals surface area contributed by atoms with Gasteiger partial charge in [-0.15, -0.1) is 0 Å². The molecule has 1 aromatic carbocycles. The van der Waals surface area contributed by atoms with Crippen molar-refractivity contribution in [1.29, 1.82) is 0 Å². The average Bonchev–Trinajstić information content (AvgIpc) is 2.30. The number of hydrogen-bond acceptors (Lipinski definition) is 2. The second kappa shape index (κ2) is 5.65. The van der Waals surface area contributed by atoms with Crippen molar-refractivity contribution in [2.45, 2.75) is 25.5 Å². The van der Waals surface area contributed by atoms with Gasteiger partial charge in [-0.3, -0.25) is 0 Å². The lowest BCUT2D eigenvalue weighted by Crippen LogP contribution is -2.39. The lowest BCUT2D eigenvalue weighted by Gasteiger charge is -2.33. The maximum Gasteiger partial charge on any atom is 0.147 e. The number of rotatable bonds is 4. The van der Waals surface area contributed by atoms with Gasteiger partial charge in [0.1, 0.15) is 5.82 Å². The Labute approximate surface area is 115 Å². The van der Waals surface area contributed by atoms with E-state index >= 15 is 0 Å². The summed E-state index contributed by atoms with van der Waals surface area (Å²) in [4.78, 5) is 0. The molecular weight excluding hydrogens is 308 g/mol. The van der Waals surface area contributed by atoms with E-state index in [1.807, 2.05) is 13.8 Å². The van der Waals surface area contributed by atoms with Crippen LogP contribution in [0.3, 0.4) is 0 Å². The van der Waals surface area contributed by atoms with Gasteiger partial charge in [0.25, 0.3) is 0 Å². The zero-order valence-electron chi connectivity index (χ0n) is 10.3. The molecule has 0 aliphatic heterocycles. The van der Waals surface area contributed by atoms with Gasteiger partial charge in [-0.05, 0) is 42.9 Å². The highest BCUT2D eigenvalue weighted by molar-refractivity contribution is 9.10. The van der Waals surface area contributed by atoms with Crippen LogP contribution in [0.5, 0.6) is 0 Å². The standard InChI is InChI=1S/C12H16BrClFNO/c1-12(2,17-4)11(16-3)7-5-6-8(13)9(14)10(7)15/h5-6,11,16H,1-4H3. The van der Waals surface area contributed by atoms with Crippen LogP contribution in [0.4, 0.5) is 4.39 Å². The van der Waals surface area contributed by atoms with E-state index in [9.17, 15) is 4.39 Å². The van der Waals surface area contributed by atoms with Gasteiger partial charge < -0.3 is 10.1 Å². The summed E-state index contributed by atoms with van der Waals surface area (Å²) in [6, 6.07) is 3.16. The molecular formula is C12H16BrClFNO. The van der Waals surface area contributed by atoms with Crippen LogP contribution in [0.1, 0.15) is 25.5 Å². The Hall–Kier alpha value is -0.160. The molecule has 1 N–H and O–H groups in total. The van der Waals surface area contributed by atoms with Gasteiger partial charge in [-0.2, -0.15) is 0 Å². The van der Waals surface area contributed by atoms with E-state index in [2.05, 4.69) is 21.2 Å². The van der Waals surface area contributed by atoms with Crippen LogP contribution >= 0.6 is 27.5 Å². The molecule has 17 heavy (non-hydrogen) atoms. The molecule has 0 aromatic heterocycles. The zero-order valence-corrected chi connectivity index (χ0v) is 12.6. The normalized spacial score (nSPS) is 13.8. The van der Waals surface area contributed by atoms with Crippen molar-refractivity contribution in [2.75, 3.05) is 14.2 Å². The number of nitrogens with one attached hydrogen (secondary N) is 1. The first-order valence-corrected chi connectivity index (χ1v) is 6.38. The van der Waals surface area contributed by atoms with Gasteiger partial charge in [-0.25, -0.2) is 4.39 Å². The van der Waals surface area contributed by atoms with E-state index in [1.165, 1.54) is 0 Å². The number of halogens is 3. The minimum absolute atomic E-state index is 0.0923. The molecule has 1 rings (SSSR count). The average molecular weight is 325 g/mol. The van der Waals surface area contributed by atoms with Gasteiger partial charge in [-0.1, -0.05) is 17.7 Å². The number of likely N-dealkylation sites (N-methyl/N-ethyl adjacent to an activating group) is 1. The molecule has 0 heterocycles. The number of benzene rings is 1. The number of methoxy groups -OCH3 is 1. The number of hydrogen-bond donors (Lipinski definition) is 1. The molecule has 0 fully saturated rings. The molecule has 0 saturated carbocycles. The van der Waals surface area contributed by atoms with Gasteiger partial charge in [0.05, 0.1) is 16.7 Å². The van der Waals surface area contributed by atoms with E-state index in [0.29, 0.717) is 10.0 Å². The minimum atomic E-state index is -0.535. The summed E-state index contributed by atoms with van der Waals surface area (Å²) in [5.41, 5.74) is -0.0419. The Balaban J connectivity index is 3.27. The Morgan fingerprint density at radius 1 is 1.47 bits per heavy atom. The fourth-order valence-corrected chi connectivity index (χ4v) is 2.24. The molecule has 5 heteroatoms. The van der Waals surface area contributed by atoms with Gasteiger partial charge in [0, 0.05) is 17.1 Å². The molecule has 96 valence electrons. The van der Waals surface area contributed by atoms with Crippen LogP contribution < -0.4 is 5.32 Å². The third-order valence-electron chi connectivity index (χ3n) is 2.89. The van der Waals surface area contributed by atoms with Crippen molar-refractivity contribution in [2.24, 2.45) is 0 Å². The van der Waals surface area contributed by atoms with E-state index in [0.717, 1.165) is 0 Å². The van der Waals surface area contributed by atoms with Gasteiger partial charge in [0.2, 0.25) is 0 Å².